The van der Waals surface area contributed by atoms with Gasteiger partial charge in [0, 0.05) is 92.3 Å². The number of carbonyl (C=O) groups excluding carboxylic acids is 5. The van der Waals surface area contributed by atoms with Crippen molar-refractivity contribution >= 4 is 69.9 Å². The maximum Gasteiger partial charge on any atom is 0.268 e. The van der Waals surface area contributed by atoms with E-state index in [4.69, 9.17) is 5.73 Å². The van der Waals surface area contributed by atoms with Crippen LogP contribution in [0.25, 0.3) is 10.4 Å². The van der Waals surface area contributed by atoms with E-state index in [0.717, 1.165) is 128 Å². The molecule has 1 saturated carbocycles. The van der Waals surface area contributed by atoms with Crippen molar-refractivity contribution in [1.82, 2.24) is 35.0 Å². The Hall–Kier alpha value is -5.60. The number of anilines is 2. The summed E-state index contributed by atoms with van der Waals surface area (Å²) < 4.78 is 0. The van der Waals surface area contributed by atoms with E-state index in [1.165, 1.54) is 16.7 Å². The highest BCUT2D eigenvalue weighted by atomic mass is 32.2. The van der Waals surface area contributed by atoms with Crippen molar-refractivity contribution in [3.05, 3.63) is 77.7 Å². The molecule has 0 bridgehead atoms. The van der Waals surface area contributed by atoms with Gasteiger partial charge in [0.15, 0.2) is 0 Å². The zero-order chi connectivity index (χ0) is 55.6. The number of thiazole rings is 1. The summed E-state index contributed by atoms with van der Waals surface area (Å²) >= 11 is 3.06. The molecule has 5 atom stereocenters. The molecule has 4 aromatic rings. The van der Waals surface area contributed by atoms with Gasteiger partial charge in [0.2, 0.25) is 23.6 Å². The first kappa shape index (κ1) is 58.5. The molecule has 420 valence electrons. The number of benzene rings is 2. The van der Waals surface area contributed by atoms with Gasteiger partial charge in [-0.2, -0.15) is 0 Å². The Kier molecular flexibility index (Phi) is 19.9. The molecule has 2 aromatic heterocycles. The van der Waals surface area contributed by atoms with Gasteiger partial charge >= 0.3 is 0 Å². The van der Waals surface area contributed by atoms with Crippen LogP contribution in [0, 0.1) is 24.2 Å². The summed E-state index contributed by atoms with van der Waals surface area (Å²) in [5.74, 6) is -0.911. The van der Waals surface area contributed by atoms with Crippen molar-refractivity contribution in [1.29, 1.82) is 0 Å². The van der Waals surface area contributed by atoms with Gasteiger partial charge in [-0.25, -0.2) is 19.9 Å². The lowest BCUT2D eigenvalue weighted by Crippen LogP contribution is -2.56. The van der Waals surface area contributed by atoms with Crippen LogP contribution in [-0.2, 0) is 24.0 Å². The third-order valence-electron chi connectivity index (χ3n) is 16.0. The lowest BCUT2D eigenvalue weighted by atomic mass is 9.85. The minimum atomic E-state index is -0.933. The summed E-state index contributed by atoms with van der Waals surface area (Å²) in [6.07, 6.45) is 13.0. The van der Waals surface area contributed by atoms with E-state index in [-0.39, 0.29) is 48.1 Å². The van der Waals surface area contributed by atoms with E-state index >= 15 is 0 Å². The van der Waals surface area contributed by atoms with Gasteiger partial charge < -0.3 is 36.2 Å². The van der Waals surface area contributed by atoms with Gasteiger partial charge in [0.25, 0.3) is 5.91 Å². The molecule has 19 heteroatoms. The summed E-state index contributed by atoms with van der Waals surface area (Å²) in [6, 6.07) is 13.7. The van der Waals surface area contributed by atoms with Crippen LogP contribution in [0.15, 0.2) is 81.3 Å². The standard InChI is InChI=1S/C59H81N11O6S2/c1-39(41-20-22-42(23-21-41)52-40(2)63-38-77-52)64-55(74)48-34-44(71)37-70(48)57(76)53(58(3,4)5)66-50(72)19-11-9-7-8-10-12-26-67-29-31-69(32-30-67)56(75)47-18-14-17-46(47)54(73)65-43-15-13-16-45(33-43)78-51-36-61-49(35-62-51)68-27-24-59(6,60)25-28-68/h13,15-16,20-23,33,35-36,38,44,46-48,53,71H,7-12,14,17-19,24-32,34,37,60H2,1-6H3,(H,65,73)(H,66,72)/b64-39+/t44-,46+,47+,48+,53-/m1/s1. The minimum absolute atomic E-state index is 0.00456. The number of carbonyl (C=O) groups is 5. The lowest BCUT2D eigenvalue weighted by Gasteiger charge is -2.37. The molecule has 0 unspecified atom stereocenters. The first-order chi connectivity index (χ1) is 37.3. The molecule has 0 radical (unpaired) electrons. The predicted molar refractivity (Wildman–Crippen MR) is 308 cm³/mol. The number of unbranched alkanes of at least 4 members (excludes halogenated alkanes) is 5. The molecule has 4 fully saturated rings. The number of aliphatic hydroxyl groups is 1. The van der Waals surface area contributed by atoms with Crippen LogP contribution in [0.1, 0.15) is 129 Å². The summed E-state index contributed by atoms with van der Waals surface area (Å²) in [7, 11) is 0. The second-order valence-electron chi connectivity index (χ2n) is 23.3. The number of aliphatic imine (C=N–C) groups is 1. The number of nitrogens with two attached hydrogens (primary N) is 1. The quantitative estimate of drug-likeness (QED) is 0.0486. The zero-order valence-corrected chi connectivity index (χ0v) is 48.2. The zero-order valence-electron chi connectivity index (χ0n) is 46.5. The predicted octanol–water partition coefficient (Wildman–Crippen LogP) is 8.14. The molecule has 0 spiro atoms. The van der Waals surface area contributed by atoms with Crippen molar-refractivity contribution in [2.45, 2.75) is 159 Å². The molecule has 4 aliphatic rings. The Labute approximate surface area is 469 Å². The number of aliphatic hydroxyl groups excluding tert-OH is 1. The fraction of sp³-hybridized carbons (Fsp3) is 0.576. The SMILES string of the molecule is C/C(=N\C(=O)[C@@H]1C[C@@H](O)CN1C(=O)[C@@H](NC(=O)CCCCCCCCN1CCN(C(=O)[C@H]2CCC[C@@H]2C(=O)Nc2cccc(Sc3cnc(N4CCC(C)(N)CC4)cn3)c2)CC1)C(C)(C)C)c1ccc(-c2scnc2C)cc1. The van der Waals surface area contributed by atoms with Gasteiger partial charge in [-0.3, -0.25) is 28.9 Å². The Morgan fingerprint density at radius 3 is 2.28 bits per heavy atom. The molecule has 5 heterocycles. The molecule has 2 aromatic carbocycles. The average molecular weight is 1100 g/mol. The van der Waals surface area contributed by atoms with Gasteiger partial charge in [0.1, 0.15) is 22.9 Å². The number of piperazine rings is 1. The molecule has 5 N–H and O–H groups in total. The number of β-amino-alcohol motifs (C(OH)–C–C–N with tert-alkyl or cyclic N) is 1. The Morgan fingerprint density at radius 1 is 0.897 bits per heavy atom. The van der Waals surface area contributed by atoms with Crippen LogP contribution in [0.4, 0.5) is 11.5 Å². The monoisotopic (exact) mass is 1100 g/mol. The molecule has 8 rings (SSSR count). The van der Waals surface area contributed by atoms with Crippen LogP contribution in [0.5, 0.6) is 0 Å². The molecule has 78 heavy (non-hydrogen) atoms. The first-order valence-corrected chi connectivity index (χ1v) is 29.9. The second-order valence-corrected chi connectivity index (χ2v) is 25.2. The Morgan fingerprint density at radius 2 is 1.60 bits per heavy atom. The third-order valence-corrected chi connectivity index (χ3v) is 17.9. The number of aromatic nitrogens is 3. The smallest absolute Gasteiger partial charge is 0.268 e. The highest BCUT2D eigenvalue weighted by molar-refractivity contribution is 7.99. The minimum Gasteiger partial charge on any atom is -0.391 e. The third kappa shape index (κ3) is 15.6. The number of piperidine rings is 1. The summed E-state index contributed by atoms with van der Waals surface area (Å²) in [5.41, 5.74) is 11.3. The lowest BCUT2D eigenvalue weighted by molar-refractivity contribution is -0.143. The fourth-order valence-corrected chi connectivity index (χ4v) is 12.8. The van der Waals surface area contributed by atoms with Gasteiger partial charge in [0.05, 0.1) is 34.6 Å². The van der Waals surface area contributed by atoms with E-state index < -0.39 is 35.4 Å². The second kappa shape index (κ2) is 26.6. The number of amides is 5. The first-order valence-electron chi connectivity index (χ1n) is 28.2. The largest absolute Gasteiger partial charge is 0.391 e. The summed E-state index contributed by atoms with van der Waals surface area (Å²) in [4.78, 5) is 96.7. The van der Waals surface area contributed by atoms with Crippen molar-refractivity contribution < 1.29 is 29.1 Å². The number of aryl methyl sites for hydroxylation is 1. The van der Waals surface area contributed by atoms with E-state index in [1.54, 1.807) is 24.5 Å². The van der Waals surface area contributed by atoms with Crippen molar-refractivity contribution in [3.63, 3.8) is 0 Å². The summed E-state index contributed by atoms with van der Waals surface area (Å²) in [5, 5.41) is 17.5. The number of hydrogen-bond acceptors (Lipinski definition) is 14. The number of nitrogens with zero attached hydrogens (tertiary/aromatic N) is 8. The maximum absolute atomic E-state index is 14.1. The van der Waals surface area contributed by atoms with Crippen LogP contribution in [0.3, 0.4) is 0 Å². The average Bonchev–Trinajstić information content (AvgIpc) is 4.20. The molecule has 5 amide bonds. The molecular formula is C59H81N11O6S2. The van der Waals surface area contributed by atoms with E-state index in [1.807, 2.05) is 92.8 Å². The van der Waals surface area contributed by atoms with Gasteiger partial charge in [-0.15, -0.1) is 11.3 Å². The highest BCUT2D eigenvalue weighted by Gasteiger charge is 2.45. The fourth-order valence-electron chi connectivity index (χ4n) is 11.2. The van der Waals surface area contributed by atoms with Gasteiger partial charge in [-0.05, 0) is 101 Å². The normalized spacial score (nSPS) is 21.4. The van der Waals surface area contributed by atoms with Crippen LogP contribution < -0.4 is 21.3 Å². The van der Waals surface area contributed by atoms with Crippen molar-refractivity contribution in [2.75, 3.05) is 62.6 Å². The van der Waals surface area contributed by atoms with Crippen LogP contribution in [0.2, 0.25) is 0 Å². The number of nitrogens with one attached hydrogen (secondary N) is 2. The molecule has 3 aliphatic heterocycles. The number of likely N-dealkylation sites (tertiary alicyclic amines) is 1. The van der Waals surface area contributed by atoms with Crippen molar-refractivity contribution in [3.8, 4) is 10.4 Å². The van der Waals surface area contributed by atoms with Crippen molar-refractivity contribution in [2.24, 2.45) is 28.0 Å². The topological polar surface area (TPSA) is 220 Å². The molecule has 1 aliphatic carbocycles. The Balaban J connectivity index is 0.702. The maximum atomic E-state index is 14.1. The Bertz CT molecular complexity index is 2730. The van der Waals surface area contributed by atoms with Crippen LogP contribution in [-0.4, -0.2) is 146 Å². The number of hydrogen-bond donors (Lipinski definition) is 4. The van der Waals surface area contributed by atoms with Gasteiger partial charge in [-0.1, -0.05) is 95.0 Å². The summed E-state index contributed by atoms with van der Waals surface area (Å²) in [6.45, 7) is 17.2. The molecule has 17 nitrogen and oxygen atoms in total. The highest BCUT2D eigenvalue weighted by Crippen LogP contribution is 2.36. The van der Waals surface area contributed by atoms with E-state index in [2.05, 4.69) is 47.3 Å². The number of rotatable bonds is 20. The van der Waals surface area contributed by atoms with E-state index in [9.17, 15) is 29.1 Å². The van der Waals surface area contributed by atoms with E-state index in [0.29, 0.717) is 43.8 Å². The molecule has 3 saturated heterocycles. The van der Waals surface area contributed by atoms with Crippen LogP contribution >= 0.6 is 23.1 Å². The molecular weight excluding hydrogens is 1020 g/mol.